The Balaban J connectivity index is 2.04. The lowest BCUT2D eigenvalue weighted by Crippen LogP contribution is -2.54. The lowest BCUT2D eigenvalue weighted by atomic mass is 9.71. The second-order valence-electron chi connectivity index (χ2n) is 7.22. The molecule has 3 rings (SSSR count). The van der Waals surface area contributed by atoms with Crippen molar-refractivity contribution in [2.45, 2.75) is 38.9 Å². The van der Waals surface area contributed by atoms with Gasteiger partial charge < -0.3 is 9.47 Å². The highest BCUT2D eigenvalue weighted by Gasteiger charge is 2.57. The second kappa shape index (κ2) is 5.99. The molecule has 0 aromatic heterocycles. The van der Waals surface area contributed by atoms with Gasteiger partial charge in [0.25, 0.3) is 0 Å². The molecule has 1 heterocycles. The van der Waals surface area contributed by atoms with Gasteiger partial charge in [0, 0.05) is 18.1 Å². The molecule has 2 aliphatic rings. The molecule has 5 heteroatoms. The Labute approximate surface area is 146 Å². The van der Waals surface area contributed by atoms with Crippen LogP contribution >= 0.6 is 0 Å². The monoisotopic (exact) mass is 340 g/mol. The third-order valence-electron chi connectivity index (χ3n) is 4.16. The van der Waals surface area contributed by atoms with Crippen LogP contribution in [0.1, 0.15) is 32.8 Å². The largest absolute Gasteiger partial charge is 0.487 e. The van der Waals surface area contributed by atoms with E-state index in [9.17, 15) is 14.4 Å². The highest BCUT2D eigenvalue weighted by molar-refractivity contribution is 6.16. The zero-order chi connectivity index (χ0) is 18.2. The highest BCUT2D eigenvalue weighted by Crippen LogP contribution is 2.42. The Morgan fingerprint density at radius 3 is 2.52 bits per heavy atom. The van der Waals surface area contributed by atoms with E-state index in [4.69, 9.17) is 9.47 Å². The highest BCUT2D eigenvalue weighted by atomic mass is 16.6. The second-order valence-corrected chi connectivity index (χ2v) is 7.22. The Kier molecular flexibility index (Phi) is 4.11. The number of carbonyl (C=O) groups excluding carboxylic acids is 3. The lowest BCUT2D eigenvalue weighted by molar-refractivity contribution is -0.173. The van der Waals surface area contributed by atoms with E-state index in [1.807, 2.05) is 18.2 Å². The first-order chi connectivity index (χ1) is 11.7. The number of hydrogen-bond acceptors (Lipinski definition) is 5. The van der Waals surface area contributed by atoms with Crippen LogP contribution in [-0.2, 0) is 23.9 Å². The summed E-state index contributed by atoms with van der Waals surface area (Å²) >= 11 is 0. The van der Waals surface area contributed by atoms with Crippen LogP contribution in [0.4, 0.5) is 0 Å². The van der Waals surface area contributed by atoms with Crippen LogP contribution in [0.3, 0.4) is 0 Å². The van der Waals surface area contributed by atoms with Crippen LogP contribution in [0.25, 0.3) is 5.76 Å². The maximum atomic E-state index is 12.9. The molecule has 1 aromatic rings. The van der Waals surface area contributed by atoms with E-state index in [1.54, 1.807) is 32.9 Å². The summed E-state index contributed by atoms with van der Waals surface area (Å²) in [6.45, 7) is 5.19. The standard InChI is InChI=1S/C20H20O5/c1-19(2,3)25-18(23)20-10-9-14(21)11-17(20)24-15(12-16(20)22)13-7-5-4-6-8-13/h4-10,12,17H,11H2,1-3H3/t17-,20+/m1/s1. The lowest BCUT2D eigenvalue weighted by Gasteiger charge is -2.40. The number of hydrogen-bond donors (Lipinski definition) is 0. The number of carbonyl (C=O) groups is 3. The zero-order valence-corrected chi connectivity index (χ0v) is 14.4. The molecular formula is C20H20O5. The average Bonchev–Trinajstić information content (AvgIpc) is 2.53. The summed E-state index contributed by atoms with van der Waals surface area (Å²) in [7, 11) is 0. The first-order valence-corrected chi connectivity index (χ1v) is 8.16. The molecule has 0 amide bonds. The topological polar surface area (TPSA) is 69.7 Å². The normalized spacial score (nSPS) is 25.7. The van der Waals surface area contributed by atoms with Crippen LogP contribution in [0, 0.1) is 5.41 Å². The zero-order valence-electron chi connectivity index (χ0n) is 14.4. The van der Waals surface area contributed by atoms with E-state index in [2.05, 4.69) is 0 Å². The molecular weight excluding hydrogens is 320 g/mol. The van der Waals surface area contributed by atoms with Crippen molar-refractivity contribution >= 4 is 23.3 Å². The first kappa shape index (κ1) is 17.1. The number of fused-ring (bicyclic) bond motifs is 1. The fraction of sp³-hybridized carbons (Fsp3) is 0.350. The fourth-order valence-electron chi connectivity index (χ4n) is 2.96. The summed E-state index contributed by atoms with van der Waals surface area (Å²) < 4.78 is 11.4. The molecule has 0 unspecified atom stereocenters. The molecule has 1 aliphatic heterocycles. The Morgan fingerprint density at radius 1 is 1.20 bits per heavy atom. The molecule has 2 atom stereocenters. The molecule has 0 N–H and O–H groups in total. The minimum atomic E-state index is -1.61. The fourth-order valence-corrected chi connectivity index (χ4v) is 2.96. The van der Waals surface area contributed by atoms with E-state index < -0.39 is 28.9 Å². The van der Waals surface area contributed by atoms with Crippen LogP contribution in [0.5, 0.6) is 0 Å². The molecule has 0 radical (unpaired) electrons. The predicted molar refractivity (Wildman–Crippen MR) is 91.3 cm³/mol. The number of ketones is 2. The number of ether oxygens (including phenoxy) is 2. The molecule has 1 aliphatic carbocycles. The summed E-state index contributed by atoms with van der Waals surface area (Å²) in [5.41, 5.74) is -1.65. The predicted octanol–water partition coefficient (Wildman–Crippen LogP) is 2.85. The van der Waals surface area contributed by atoms with Crippen molar-refractivity contribution in [2.75, 3.05) is 0 Å². The van der Waals surface area contributed by atoms with Crippen molar-refractivity contribution < 1.29 is 23.9 Å². The van der Waals surface area contributed by atoms with Gasteiger partial charge in [-0.3, -0.25) is 14.4 Å². The van der Waals surface area contributed by atoms with E-state index >= 15 is 0 Å². The smallest absolute Gasteiger partial charge is 0.328 e. The molecule has 130 valence electrons. The summed E-state index contributed by atoms with van der Waals surface area (Å²) in [5.74, 6) is -0.952. The summed E-state index contributed by atoms with van der Waals surface area (Å²) in [6.07, 6.45) is 2.95. The number of esters is 1. The maximum absolute atomic E-state index is 12.9. The Hall–Kier alpha value is -2.69. The SMILES string of the molecule is CC(C)(C)OC(=O)[C@]12C=CC(=O)C[C@H]1OC(c1ccccc1)=CC2=O. The quantitative estimate of drug-likeness (QED) is 0.612. The van der Waals surface area contributed by atoms with E-state index in [-0.39, 0.29) is 12.2 Å². The van der Waals surface area contributed by atoms with Gasteiger partial charge in [0.05, 0.1) is 0 Å². The van der Waals surface area contributed by atoms with Crippen molar-refractivity contribution in [3.8, 4) is 0 Å². The van der Waals surface area contributed by atoms with Crippen LogP contribution in [-0.4, -0.2) is 29.2 Å². The third kappa shape index (κ3) is 3.14. The summed E-state index contributed by atoms with van der Waals surface area (Å²) in [4.78, 5) is 37.6. The van der Waals surface area contributed by atoms with Crippen molar-refractivity contribution in [2.24, 2.45) is 5.41 Å². The van der Waals surface area contributed by atoms with Crippen LogP contribution in [0.15, 0.2) is 48.6 Å². The van der Waals surface area contributed by atoms with Crippen molar-refractivity contribution in [1.29, 1.82) is 0 Å². The van der Waals surface area contributed by atoms with Gasteiger partial charge in [0.1, 0.15) is 17.5 Å². The molecule has 0 spiro atoms. The summed E-state index contributed by atoms with van der Waals surface area (Å²) in [6, 6.07) is 9.12. The van der Waals surface area contributed by atoms with Gasteiger partial charge in [0.2, 0.25) is 0 Å². The van der Waals surface area contributed by atoms with Gasteiger partial charge in [-0.1, -0.05) is 36.4 Å². The molecule has 5 nitrogen and oxygen atoms in total. The van der Waals surface area contributed by atoms with Gasteiger partial charge >= 0.3 is 5.97 Å². The van der Waals surface area contributed by atoms with Gasteiger partial charge in [-0.25, -0.2) is 0 Å². The van der Waals surface area contributed by atoms with Gasteiger partial charge in [-0.2, -0.15) is 0 Å². The van der Waals surface area contributed by atoms with Crippen molar-refractivity contribution in [3.63, 3.8) is 0 Å². The summed E-state index contributed by atoms with van der Waals surface area (Å²) in [5, 5.41) is 0. The van der Waals surface area contributed by atoms with Crippen molar-refractivity contribution in [3.05, 3.63) is 54.1 Å². The molecule has 0 saturated heterocycles. The van der Waals surface area contributed by atoms with Gasteiger partial charge in [-0.05, 0) is 26.8 Å². The molecule has 1 aromatic carbocycles. The average molecular weight is 340 g/mol. The van der Waals surface area contributed by atoms with Crippen LogP contribution in [0.2, 0.25) is 0 Å². The van der Waals surface area contributed by atoms with E-state index in [1.165, 1.54) is 18.2 Å². The maximum Gasteiger partial charge on any atom is 0.328 e. The van der Waals surface area contributed by atoms with E-state index in [0.29, 0.717) is 5.76 Å². The minimum absolute atomic E-state index is 0.0499. The number of benzene rings is 1. The molecule has 0 bridgehead atoms. The minimum Gasteiger partial charge on any atom is -0.487 e. The number of allylic oxidation sites excluding steroid dienone is 2. The Bertz CT molecular complexity index is 782. The Morgan fingerprint density at radius 2 is 1.88 bits per heavy atom. The molecule has 25 heavy (non-hydrogen) atoms. The number of rotatable bonds is 2. The first-order valence-electron chi connectivity index (χ1n) is 8.16. The molecule has 0 saturated carbocycles. The van der Waals surface area contributed by atoms with Gasteiger partial charge in [-0.15, -0.1) is 0 Å². The van der Waals surface area contributed by atoms with E-state index in [0.717, 1.165) is 5.56 Å². The van der Waals surface area contributed by atoms with Gasteiger partial charge in [0.15, 0.2) is 17.0 Å². The van der Waals surface area contributed by atoms with Crippen molar-refractivity contribution in [1.82, 2.24) is 0 Å². The molecule has 0 fully saturated rings. The third-order valence-corrected chi connectivity index (χ3v) is 4.16. The van der Waals surface area contributed by atoms with Crippen LogP contribution < -0.4 is 0 Å².